The van der Waals surface area contributed by atoms with Gasteiger partial charge in [-0.25, -0.2) is 9.59 Å². The van der Waals surface area contributed by atoms with E-state index in [0.717, 1.165) is 89.9 Å². The summed E-state index contributed by atoms with van der Waals surface area (Å²) >= 11 is 0. The first-order valence-corrected chi connectivity index (χ1v) is 14.6. The van der Waals surface area contributed by atoms with Crippen LogP contribution in [0.3, 0.4) is 0 Å². The fourth-order valence-corrected chi connectivity index (χ4v) is 5.04. The van der Waals surface area contributed by atoms with Crippen LogP contribution in [0.25, 0.3) is 0 Å². The zero-order valence-electron chi connectivity index (χ0n) is 21.1. The van der Waals surface area contributed by atoms with Crippen LogP contribution in [0, 0.1) is 0 Å². The Morgan fingerprint density at radius 1 is 0.606 bits per heavy atom. The largest absolute Gasteiger partial charge is 0.462 e. The van der Waals surface area contributed by atoms with E-state index in [9.17, 15) is 19.0 Å². The van der Waals surface area contributed by atoms with Gasteiger partial charge >= 0.3 is 11.9 Å². The molecule has 192 valence electrons. The lowest BCUT2D eigenvalue weighted by Gasteiger charge is -2.11. The molecule has 0 atom stereocenters. The standard InChI is InChI=1S/C26H47O6P/c1-23(2)25(27)31-19-15-11-7-5-9-13-17-21-33(29,30)22-18-14-10-6-8-12-16-20-32-26(28)24(3)4/h1,3,5-22H2,2,4H3,(H,29,30). The minimum Gasteiger partial charge on any atom is -0.462 e. The predicted octanol–water partition coefficient (Wildman–Crippen LogP) is 6.96. The Hall–Kier alpha value is -1.39. The van der Waals surface area contributed by atoms with E-state index in [1.54, 1.807) is 13.8 Å². The molecule has 0 bridgehead atoms. The van der Waals surface area contributed by atoms with Gasteiger partial charge in [-0.15, -0.1) is 0 Å². The van der Waals surface area contributed by atoms with Gasteiger partial charge in [0.1, 0.15) is 0 Å². The van der Waals surface area contributed by atoms with Gasteiger partial charge < -0.3 is 14.4 Å². The summed E-state index contributed by atoms with van der Waals surface area (Å²) in [6, 6.07) is 0. The molecule has 0 aromatic carbocycles. The third-order valence-corrected chi connectivity index (χ3v) is 7.50. The maximum Gasteiger partial charge on any atom is 0.333 e. The summed E-state index contributed by atoms with van der Waals surface area (Å²) in [7, 11) is -2.98. The summed E-state index contributed by atoms with van der Waals surface area (Å²) in [6.45, 7) is 11.3. The molecule has 0 aromatic heterocycles. The number of carbonyl (C=O) groups excluding carboxylic acids is 2. The monoisotopic (exact) mass is 486 g/mol. The van der Waals surface area contributed by atoms with Crippen molar-refractivity contribution in [2.45, 2.75) is 104 Å². The Balaban J connectivity index is 3.45. The molecule has 33 heavy (non-hydrogen) atoms. The number of ether oxygens (including phenoxy) is 2. The molecular weight excluding hydrogens is 439 g/mol. The van der Waals surface area contributed by atoms with Gasteiger partial charge in [0.2, 0.25) is 7.37 Å². The second-order valence-corrected chi connectivity index (χ2v) is 11.7. The number of esters is 2. The second kappa shape index (κ2) is 20.0. The molecule has 0 aliphatic carbocycles. The van der Waals surface area contributed by atoms with Crippen LogP contribution in [0.1, 0.15) is 104 Å². The summed E-state index contributed by atoms with van der Waals surface area (Å²) in [5.74, 6) is -0.640. The minimum atomic E-state index is -2.98. The topological polar surface area (TPSA) is 89.9 Å². The molecule has 0 amide bonds. The number of rotatable bonds is 22. The highest BCUT2D eigenvalue weighted by molar-refractivity contribution is 7.57. The Morgan fingerprint density at radius 2 is 0.879 bits per heavy atom. The lowest BCUT2D eigenvalue weighted by Crippen LogP contribution is -2.05. The molecule has 0 aliphatic rings. The quantitative estimate of drug-likeness (QED) is 0.0770. The Labute approximate surface area is 201 Å². The smallest absolute Gasteiger partial charge is 0.333 e. The van der Waals surface area contributed by atoms with E-state index >= 15 is 0 Å². The average molecular weight is 487 g/mol. The minimum absolute atomic E-state index is 0.320. The summed E-state index contributed by atoms with van der Waals surface area (Å²) in [5, 5.41) is 0. The van der Waals surface area contributed by atoms with Crippen molar-refractivity contribution >= 4 is 19.3 Å². The van der Waals surface area contributed by atoms with Gasteiger partial charge in [-0.05, 0) is 39.5 Å². The first kappa shape index (κ1) is 31.6. The van der Waals surface area contributed by atoms with Crippen molar-refractivity contribution in [3.05, 3.63) is 24.3 Å². The highest BCUT2D eigenvalue weighted by Crippen LogP contribution is 2.42. The van der Waals surface area contributed by atoms with Crippen molar-refractivity contribution in [1.82, 2.24) is 0 Å². The van der Waals surface area contributed by atoms with Crippen LogP contribution in [-0.2, 0) is 23.6 Å². The van der Waals surface area contributed by atoms with Crippen LogP contribution < -0.4 is 0 Å². The van der Waals surface area contributed by atoms with Crippen LogP contribution in [0.4, 0.5) is 0 Å². The maximum atomic E-state index is 12.3. The molecule has 0 aromatic rings. The highest BCUT2D eigenvalue weighted by Gasteiger charge is 2.16. The van der Waals surface area contributed by atoms with Gasteiger partial charge in [-0.3, -0.25) is 4.57 Å². The second-order valence-electron chi connectivity index (χ2n) is 9.08. The van der Waals surface area contributed by atoms with Crippen LogP contribution >= 0.6 is 7.37 Å². The lowest BCUT2D eigenvalue weighted by molar-refractivity contribution is -0.139. The van der Waals surface area contributed by atoms with Crippen molar-refractivity contribution in [1.29, 1.82) is 0 Å². The molecular formula is C26H47O6P. The van der Waals surface area contributed by atoms with E-state index in [1.807, 2.05) is 0 Å². The van der Waals surface area contributed by atoms with Crippen LogP contribution in [0.5, 0.6) is 0 Å². The third-order valence-electron chi connectivity index (χ3n) is 5.47. The summed E-state index contributed by atoms with van der Waals surface area (Å²) in [5.41, 5.74) is 0.868. The van der Waals surface area contributed by atoms with E-state index in [-0.39, 0.29) is 11.9 Å². The van der Waals surface area contributed by atoms with Gasteiger partial charge in [0.05, 0.1) is 13.2 Å². The van der Waals surface area contributed by atoms with E-state index in [1.165, 1.54) is 0 Å². The maximum absolute atomic E-state index is 12.3. The molecule has 1 N–H and O–H groups in total. The normalized spacial score (nSPS) is 11.2. The van der Waals surface area contributed by atoms with Crippen molar-refractivity contribution in [2.75, 3.05) is 25.5 Å². The molecule has 6 nitrogen and oxygen atoms in total. The first-order valence-electron chi connectivity index (χ1n) is 12.6. The van der Waals surface area contributed by atoms with Gasteiger partial charge in [0.25, 0.3) is 0 Å². The number of carbonyl (C=O) groups is 2. The first-order chi connectivity index (χ1) is 15.7. The van der Waals surface area contributed by atoms with Crippen LogP contribution in [0.2, 0.25) is 0 Å². The molecule has 0 unspecified atom stereocenters. The van der Waals surface area contributed by atoms with E-state index < -0.39 is 7.37 Å². The molecule has 0 saturated carbocycles. The summed E-state index contributed by atoms with van der Waals surface area (Å²) < 4.78 is 22.4. The zero-order valence-corrected chi connectivity index (χ0v) is 22.0. The molecule has 0 heterocycles. The van der Waals surface area contributed by atoms with E-state index in [4.69, 9.17) is 9.47 Å². The molecule has 0 fully saturated rings. The predicted molar refractivity (Wildman–Crippen MR) is 136 cm³/mol. The number of hydrogen-bond acceptors (Lipinski definition) is 5. The zero-order chi connectivity index (χ0) is 25.0. The fraction of sp³-hybridized carbons (Fsp3) is 0.769. The molecule has 0 saturated heterocycles. The van der Waals surface area contributed by atoms with Gasteiger partial charge in [-0.2, -0.15) is 0 Å². The lowest BCUT2D eigenvalue weighted by atomic mass is 10.1. The highest BCUT2D eigenvalue weighted by atomic mass is 31.2. The molecule has 0 rings (SSSR count). The Kier molecular flexibility index (Phi) is 19.2. The van der Waals surface area contributed by atoms with Crippen molar-refractivity contribution < 1.29 is 28.5 Å². The third kappa shape index (κ3) is 20.9. The van der Waals surface area contributed by atoms with E-state index in [0.29, 0.717) is 36.7 Å². The summed E-state index contributed by atoms with van der Waals surface area (Å²) in [6.07, 6.45) is 14.9. The van der Waals surface area contributed by atoms with Crippen LogP contribution in [-0.4, -0.2) is 42.4 Å². The van der Waals surface area contributed by atoms with Gasteiger partial charge in [0.15, 0.2) is 0 Å². The Morgan fingerprint density at radius 3 is 1.18 bits per heavy atom. The number of unbranched alkanes of at least 4 members (excludes halogenated alkanes) is 12. The SMILES string of the molecule is C=C(C)C(=O)OCCCCCCCCCP(=O)(O)CCCCCCCCCOC(=O)C(=C)C. The average Bonchev–Trinajstić information content (AvgIpc) is 2.75. The van der Waals surface area contributed by atoms with Gasteiger partial charge in [0, 0.05) is 23.5 Å². The molecule has 0 aliphatic heterocycles. The van der Waals surface area contributed by atoms with Crippen molar-refractivity contribution in [3.63, 3.8) is 0 Å². The van der Waals surface area contributed by atoms with Crippen LogP contribution in [0.15, 0.2) is 24.3 Å². The van der Waals surface area contributed by atoms with Crippen molar-refractivity contribution in [2.24, 2.45) is 0 Å². The Bertz CT molecular complexity index is 578. The van der Waals surface area contributed by atoms with Crippen molar-refractivity contribution in [3.8, 4) is 0 Å². The van der Waals surface area contributed by atoms with Gasteiger partial charge in [-0.1, -0.05) is 77.4 Å². The number of hydrogen-bond donors (Lipinski definition) is 1. The summed E-state index contributed by atoms with van der Waals surface area (Å²) in [4.78, 5) is 32.6. The molecule has 0 spiro atoms. The fourth-order valence-electron chi connectivity index (χ4n) is 3.38. The van der Waals surface area contributed by atoms with E-state index in [2.05, 4.69) is 13.2 Å². The molecule has 0 radical (unpaired) electrons. The molecule has 7 heteroatoms.